The summed E-state index contributed by atoms with van der Waals surface area (Å²) in [5, 5.41) is 4.82. The fraction of sp³-hybridized carbons (Fsp3) is 0.0500. The van der Waals surface area contributed by atoms with E-state index in [1.165, 1.54) is 6.21 Å². The van der Waals surface area contributed by atoms with Crippen molar-refractivity contribution in [2.45, 2.75) is 0 Å². The number of benzene rings is 2. The van der Waals surface area contributed by atoms with Crippen LogP contribution in [-0.2, 0) is 4.79 Å². The number of hydrazone groups is 1. The third-order valence-electron chi connectivity index (χ3n) is 3.39. The quantitative estimate of drug-likeness (QED) is 0.556. The Bertz CT molecular complexity index is 900. The molecule has 0 aliphatic heterocycles. The molecule has 0 unspecified atom stereocenters. The highest BCUT2D eigenvalue weighted by molar-refractivity contribution is 5.85. The highest BCUT2D eigenvalue weighted by Gasteiger charge is 2.05. The molecule has 5 nitrogen and oxygen atoms in total. The third kappa shape index (κ3) is 4.75. The lowest BCUT2D eigenvalue weighted by molar-refractivity contribution is -0.123. The Morgan fingerprint density at radius 2 is 1.92 bits per heavy atom. The number of fused-ring (bicyclic) bond motifs is 1. The number of hydrogen-bond donors (Lipinski definition) is 1. The number of carbonyl (C=O) groups excluding carboxylic acids is 1. The van der Waals surface area contributed by atoms with Crippen LogP contribution >= 0.6 is 0 Å². The normalized spacial score (nSPS) is 11.2. The third-order valence-corrected chi connectivity index (χ3v) is 3.39. The lowest BCUT2D eigenvalue weighted by Gasteiger charge is -2.07. The van der Waals surface area contributed by atoms with Crippen molar-refractivity contribution >= 4 is 29.1 Å². The number of nitrogens with zero attached hydrogens (tertiary/aromatic N) is 2. The predicted molar refractivity (Wildman–Crippen MR) is 99.3 cm³/mol. The molecule has 124 valence electrons. The van der Waals surface area contributed by atoms with E-state index >= 15 is 0 Å². The molecule has 0 saturated heterocycles. The molecule has 1 heterocycles. The van der Waals surface area contributed by atoms with Crippen molar-refractivity contribution in [2.24, 2.45) is 5.10 Å². The van der Waals surface area contributed by atoms with Crippen molar-refractivity contribution in [3.05, 3.63) is 78.5 Å². The van der Waals surface area contributed by atoms with Crippen molar-refractivity contribution in [2.75, 3.05) is 6.61 Å². The van der Waals surface area contributed by atoms with Crippen LogP contribution in [-0.4, -0.2) is 23.7 Å². The van der Waals surface area contributed by atoms with E-state index in [0.29, 0.717) is 5.75 Å². The van der Waals surface area contributed by atoms with E-state index in [2.05, 4.69) is 15.5 Å². The molecule has 0 bridgehead atoms. The van der Waals surface area contributed by atoms with Gasteiger partial charge in [-0.15, -0.1) is 0 Å². The Kier molecular flexibility index (Phi) is 5.51. The molecule has 0 saturated carbocycles. The second-order valence-corrected chi connectivity index (χ2v) is 5.20. The minimum Gasteiger partial charge on any atom is -0.481 e. The van der Waals surface area contributed by atoms with Crippen molar-refractivity contribution in [1.82, 2.24) is 10.4 Å². The lowest BCUT2D eigenvalue weighted by atomic mass is 10.2. The highest BCUT2D eigenvalue weighted by Crippen LogP contribution is 2.22. The van der Waals surface area contributed by atoms with E-state index in [1.54, 1.807) is 18.3 Å². The first-order valence-electron chi connectivity index (χ1n) is 7.83. The first-order chi connectivity index (χ1) is 12.3. The zero-order valence-corrected chi connectivity index (χ0v) is 13.5. The average molecular weight is 331 g/mol. The van der Waals surface area contributed by atoms with Gasteiger partial charge in [-0.3, -0.25) is 9.78 Å². The Hall–Kier alpha value is -3.47. The zero-order valence-electron chi connectivity index (χ0n) is 13.5. The average Bonchev–Trinajstić information content (AvgIpc) is 2.67. The molecule has 0 fully saturated rings. The van der Waals surface area contributed by atoms with Crippen LogP contribution in [0.3, 0.4) is 0 Å². The van der Waals surface area contributed by atoms with Gasteiger partial charge in [-0.05, 0) is 23.8 Å². The molecule has 3 rings (SSSR count). The van der Waals surface area contributed by atoms with Gasteiger partial charge in [0.2, 0.25) is 0 Å². The van der Waals surface area contributed by atoms with Gasteiger partial charge in [0.1, 0.15) is 11.3 Å². The van der Waals surface area contributed by atoms with E-state index in [4.69, 9.17) is 4.74 Å². The predicted octanol–water partition coefficient (Wildman–Crippen LogP) is 3.43. The molecule has 0 radical (unpaired) electrons. The second kappa shape index (κ2) is 8.40. The number of rotatable bonds is 6. The number of amides is 1. The van der Waals surface area contributed by atoms with Gasteiger partial charge in [-0.25, -0.2) is 5.43 Å². The number of pyridine rings is 1. The molecule has 3 aromatic rings. The second-order valence-electron chi connectivity index (χ2n) is 5.20. The van der Waals surface area contributed by atoms with E-state index in [0.717, 1.165) is 16.5 Å². The molecule has 2 aromatic carbocycles. The van der Waals surface area contributed by atoms with Crippen molar-refractivity contribution < 1.29 is 9.53 Å². The van der Waals surface area contributed by atoms with Crippen molar-refractivity contribution in [3.63, 3.8) is 0 Å². The van der Waals surface area contributed by atoms with Crippen LogP contribution in [0.5, 0.6) is 5.75 Å². The number of ether oxygens (including phenoxy) is 1. The zero-order chi connectivity index (χ0) is 17.3. The van der Waals surface area contributed by atoms with E-state index in [-0.39, 0.29) is 12.5 Å². The maximum absolute atomic E-state index is 11.8. The number of hydrogen-bond acceptors (Lipinski definition) is 4. The lowest BCUT2D eigenvalue weighted by Crippen LogP contribution is -2.24. The van der Waals surface area contributed by atoms with Gasteiger partial charge in [0.15, 0.2) is 6.61 Å². The van der Waals surface area contributed by atoms with Crippen molar-refractivity contribution in [1.29, 1.82) is 0 Å². The molecular weight excluding hydrogens is 314 g/mol. The van der Waals surface area contributed by atoms with Gasteiger partial charge in [0, 0.05) is 17.8 Å². The van der Waals surface area contributed by atoms with Gasteiger partial charge >= 0.3 is 0 Å². The minimum atomic E-state index is -0.336. The molecule has 1 N–H and O–H groups in total. The Labute approximate surface area is 145 Å². The van der Waals surface area contributed by atoms with Crippen LogP contribution in [0.25, 0.3) is 17.0 Å². The number of carbonyl (C=O) groups is 1. The largest absolute Gasteiger partial charge is 0.481 e. The summed E-state index contributed by atoms with van der Waals surface area (Å²) in [5.41, 5.74) is 4.21. The summed E-state index contributed by atoms with van der Waals surface area (Å²) in [4.78, 5) is 16.1. The van der Waals surface area contributed by atoms with Crippen LogP contribution in [0, 0.1) is 0 Å². The number of aromatic nitrogens is 1. The van der Waals surface area contributed by atoms with Gasteiger partial charge in [-0.1, -0.05) is 54.6 Å². The Morgan fingerprint density at radius 3 is 2.80 bits per heavy atom. The number of para-hydroxylation sites is 1. The summed E-state index contributed by atoms with van der Waals surface area (Å²) < 4.78 is 5.54. The van der Waals surface area contributed by atoms with Gasteiger partial charge in [-0.2, -0.15) is 5.10 Å². The summed E-state index contributed by atoms with van der Waals surface area (Å²) in [7, 11) is 0. The van der Waals surface area contributed by atoms with E-state index in [1.807, 2.05) is 60.7 Å². The maximum Gasteiger partial charge on any atom is 0.277 e. The molecule has 25 heavy (non-hydrogen) atoms. The van der Waals surface area contributed by atoms with E-state index < -0.39 is 0 Å². The van der Waals surface area contributed by atoms with Crippen LogP contribution in [0.1, 0.15) is 5.56 Å². The Balaban J connectivity index is 1.49. The summed E-state index contributed by atoms with van der Waals surface area (Å²) in [6, 6.07) is 19.2. The van der Waals surface area contributed by atoms with Gasteiger partial charge < -0.3 is 4.74 Å². The summed E-state index contributed by atoms with van der Waals surface area (Å²) in [6.07, 6.45) is 6.86. The molecule has 5 heteroatoms. The fourth-order valence-corrected chi connectivity index (χ4v) is 2.24. The standard InChI is InChI=1S/C20H17N3O2/c24-19(23-22-14-5-9-16-7-2-1-3-8-16)15-25-18-12-4-10-17-11-6-13-21-20(17)18/h1-14H,15H2,(H,23,24)/b9-5+,22-14+. The topological polar surface area (TPSA) is 63.6 Å². The van der Waals surface area contributed by atoms with E-state index in [9.17, 15) is 4.79 Å². The highest BCUT2D eigenvalue weighted by atomic mass is 16.5. The fourth-order valence-electron chi connectivity index (χ4n) is 2.24. The maximum atomic E-state index is 11.8. The summed E-state index contributed by atoms with van der Waals surface area (Å²) in [6.45, 7) is -0.130. The molecule has 0 spiro atoms. The molecule has 0 atom stereocenters. The molecule has 0 aliphatic rings. The van der Waals surface area contributed by atoms with Gasteiger partial charge in [0.05, 0.1) is 0 Å². The first kappa shape index (κ1) is 16.4. The van der Waals surface area contributed by atoms with Crippen LogP contribution in [0.2, 0.25) is 0 Å². The number of nitrogens with one attached hydrogen (secondary N) is 1. The summed E-state index contributed by atoms with van der Waals surface area (Å²) in [5.74, 6) is 0.235. The van der Waals surface area contributed by atoms with Crippen LogP contribution < -0.4 is 10.2 Å². The van der Waals surface area contributed by atoms with Gasteiger partial charge in [0.25, 0.3) is 5.91 Å². The summed E-state index contributed by atoms with van der Waals surface area (Å²) >= 11 is 0. The molecule has 1 aromatic heterocycles. The smallest absolute Gasteiger partial charge is 0.277 e. The molecule has 0 aliphatic carbocycles. The van der Waals surface area contributed by atoms with Crippen molar-refractivity contribution in [3.8, 4) is 5.75 Å². The Morgan fingerprint density at radius 1 is 1.08 bits per heavy atom. The number of allylic oxidation sites excluding steroid dienone is 1. The van der Waals surface area contributed by atoms with Crippen LogP contribution in [0.4, 0.5) is 0 Å². The minimum absolute atomic E-state index is 0.130. The van der Waals surface area contributed by atoms with Crippen LogP contribution in [0.15, 0.2) is 78.0 Å². The molecule has 1 amide bonds. The molecular formula is C20H17N3O2. The SMILES string of the molecule is O=C(COc1cccc2cccnc12)N/N=C/C=C/c1ccccc1. The monoisotopic (exact) mass is 331 g/mol. The first-order valence-corrected chi connectivity index (χ1v) is 7.83.